The zero-order valence-electron chi connectivity index (χ0n) is 6.82. The molecule has 0 aliphatic rings. The summed E-state index contributed by atoms with van der Waals surface area (Å²) >= 11 is 5.61. The minimum Gasteiger partial charge on any atom is -0.508 e. The number of anilines is 1. The Balaban J connectivity index is 2.87. The molecule has 0 radical (unpaired) electrons. The summed E-state index contributed by atoms with van der Waals surface area (Å²) in [6.45, 7) is 0. The van der Waals surface area contributed by atoms with Crippen LogP contribution in [-0.2, 0) is 9.59 Å². The van der Waals surface area contributed by atoms with E-state index in [0.29, 0.717) is 0 Å². The molecule has 0 fully saturated rings. The Morgan fingerprint density at radius 2 is 2.00 bits per heavy atom. The van der Waals surface area contributed by atoms with Crippen molar-refractivity contribution in [3.05, 3.63) is 23.2 Å². The third kappa shape index (κ3) is 2.37. The normalized spacial score (nSPS) is 9.50. The zero-order chi connectivity index (χ0) is 10.7. The van der Waals surface area contributed by atoms with E-state index >= 15 is 0 Å². The minimum absolute atomic E-state index is 0.0664. The highest BCUT2D eigenvalue weighted by Gasteiger charge is 2.12. The molecule has 0 heterocycles. The maximum atomic E-state index is 10.7. The summed E-state index contributed by atoms with van der Waals surface area (Å²) in [5.74, 6) is -2.85. The van der Waals surface area contributed by atoms with Crippen LogP contribution in [0.4, 0.5) is 5.69 Å². The molecule has 0 aliphatic heterocycles. The van der Waals surface area contributed by atoms with Gasteiger partial charge >= 0.3 is 11.9 Å². The lowest BCUT2D eigenvalue weighted by molar-refractivity contribution is -0.147. The second kappa shape index (κ2) is 3.97. The number of carboxylic acid groups (broad SMARTS) is 1. The molecule has 1 amide bonds. The first-order valence-electron chi connectivity index (χ1n) is 3.53. The monoisotopic (exact) mass is 215 g/mol. The zero-order valence-corrected chi connectivity index (χ0v) is 7.58. The molecule has 14 heavy (non-hydrogen) atoms. The first-order chi connectivity index (χ1) is 6.50. The number of carbonyl (C=O) groups excluding carboxylic acids is 1. The van der Waals surface area contributed by atoms with E-state index in [9.17, 15) is 9.59 Å². The number of nitrogens with one attached hydrogen (secondary N) is 1. The van der Waals surface area contributed by atoms with Crippen molar-refractivity contribution < 1.29 is 19.8 Å². The number of amides is 1. The molecule has 0 aliphatic carbocycles. The third-order valence-corrected chi connectivity index (χ3v) is 1.71. The Morgan fingerprint density at radius 3 is 2.50 bits per heavy atom. The highest BCUT2D eigenvalue weighted by molar-refractivity contribution is 6.39. The average Bonchev–Trinajstić information content (AvgIpc) is 2.09. The number of carboxylic acids is 1. The Labute approximate surface area is 83.9 Å². The molecule has 1 aromatic carbocycles. The lowest BCUT2D eigenvalue weighted by Gasteiger charge is -2.04. The van der Waals surface area contributed by atoms with E-state index in [1.807, 2.05) is 0 Å². The molecule has 1 aromatic rings. The molecule has 3 N–H and O–H groups in total. The highest BCUT2D eigenvalue weighted by atomic mass is 35.5. The Bertz CT molecular complexity index is 391. The lowest BCUT2D eigenvalue weighted by atomic mass is 10.3. The summed E-state index contributed by atoms with van der Waals surface area (Å²) in [5, 5.41) is 19.4. The van der Waals surface area contributed by atoms with Crippen molar-refractivity contribution in [3.8, 4) is 5.75 Å². The van der Waals surface area contributed by atoms with Gasteiger partial charge in [-0.15, -0.1) is 0 Å². The van der Waals surface area contributed by atoms with Crippen LogP contribution in [0, 0.1) is 0 Å². The van der Waals surface area contributed by atoms with E-state index in [1.54, 1.807) is 0 Å². The minimum atomic E-state index is -1.60. The van der Waals surface area contributed by atoms with Crippen LogP contribution in [0.5, 0.6) is 5.75 Å². The molecule has 0 unspecified atom stereocenters. The van der Waals surface area contributed by atoms with Crippen molar-refractivity contribution in [3.63, 3.8) is 0 Å². The molecule has 0 saturated heterocycles. The Morgan fingerprint density at radius 1 is 1.36 bits per heavy atom. The number of benzene rings is 1. The van der Waals surface area contributed by atoms with Crippen LogP contribution in [0.15, 0.2) is 18.2 Å². The van der Waals surface area contributed by atoms with Crippen LogP contribution in [0.25, 0.3) is 0 Å². The maximum absolute atomic E-state index is 10.7. The number of phenolic OH excluding ortho intramolecular Hbond substituents is 1. The van der Waals surface area contributed by atoms with Crippen LogP contribution in [-0.4, -0.2) is 22.1 Å². The van der Waals surface area contributed by atoms with Gasteiger partial charge in [0.2, 0.25) is 0 Å². The van der Waals surface area contributed by atoms with Gasteiger partial charge in [0, 0.05) is 6.07 Å². The average molecular weight is 216 g/mol. The van der Waals surface area contributed by atoms with Crippen LogP contribution < -0.4 is 5.32 Å². The number of carbonyl (C=O) groups is 2. The van der Waals surface area contributed by atoms with Crippen LogP contribution >= 0.6 is 11.6 Å². The number of phenols is 1. The molecule has 5 nitrogen and oxygen atoms in total. The number of halogens is 1. The van der Waals surface area contributed by atoms with Gasteiger partial charge in [0.1, 0.15) is 5.75 Å². The fourth-order valence-electron chi connectivity index (χ4n) is 0.781. The van der Waals surface area contributed by atoms with E-state index < -0.39 is 11.9 Å². The SMILES string of the molecule is O=C(O)C(=O)Nc1ccc(O)cc1Cl. The smallest absolute Gasteiger partial charge is 0.394 e. The largest absolute Gasteiger partial charge is 0.508 e. The van der Waals surface area contributed by atoms with Crippen LogP contribution in [0.1, 0.15) is 0 Å². The molecular formula is C8H6ClNO4. The standard InChI is InChI=1S/C8H6ClNO4/c9-5-3-4(11)1-2-6(5)10-7(12)8(13)14/h1-3,11H,(H,10,12)(H,13,14). The Kier molecular flexibility index (Phi) is 2.93. The number of rotatable bonds is 1. The second-order valence-electron chi connectivity index (χ2n) is 2.42. The van der Waals surface area contributed by atoms with Gasteiger partial charge in [-0.05, 0) is 12.1 Å². The summed E-state index contributed by atoms with van der Waals surface area (Å²) in [4.78, 5) is 20.9. The summed E-state index contributed by atoms with van der Waals surface area (Å²) in [7, 11) is 0. The number of hydrogen-bond acceptors (Lipinski definition) is 3. The third-order valence-electron chi connectivity index (χ3n) is 1.40. The lowest BCUT2D eigenvalue weighted by Crippen LogP contribution is -2.21. The number of aromatic hydroxyl groups is 1. The number of hydrogen-bond donors (Lipinski definition) is 3. The van der Waals surface area contributed by atoms with Crippen molar-refractivity contribution in [2.24, 2.45) is 0 Å². The van der Waals surface area contributed by atoms with Crippen molar-refractivity contribution in [2.45, 2.75) is 0 Å². The summed E-state index contributed by atoms with van der Waals surface area (Å²) < 4.78 is 0. The van der Waals surface area contributed by atoms with Crippen molar-refractivity contribution >= 4 is 29.2 Å². The highest BCUT2D eigenvalue weighted by Crippen LogP contribution is 2.25. The fourth-order valence-corrected chi connectivity index (χ4v) is 1.00. The molecular weight excluding hydrogens is 210 g/mol. The summed E-state index contributed by atoms with van der Waals surface area (Å²) in [6, 6.07) is 3.78. The van der Waals surface area contributed by atoms with Crippen molar-refractivity contribution in [1.29, 1.82) is 0 Å². The Hall–Kier alpha value is -1.75. The van der Waals surface area contributed by atoms with Gasteiger partial charge in [0.25, 0.3) is 0 Å². The van der Waals surface area contributed by atoms with Crippen molar-refractivity contribution in [2.75, 3.05) is 5.32 Å². The molecule has 74 valence electrons. The van der Waals surface area contributed by atoms with E-state index in [4.69, 9.17) is 21.8 Å². The first-order valence-corrected chi connectivity index (χ1v) is 3.91. The summed E-state index contributed by atoms with van der Waals surface area (Å²) in [5.41, 5.74) is 0.136. The predicted octanol–water partition coefficient (Wildman–Crippen LogP) is 1.07. The molecule has 0 atom stereocenters. The van der Waals surface area contributed by atoms with E-state index in [1.165, 1.54) is 18.2 Å². The van der Waals surface area contributed by atoms with Gasteiger partial charge in [-0.2, -0.15) is 0 Å². The molecule has 0 bridgehead atoms. The fraction of sp³-hybridized carbons (Fsp3) is 0. The molecule has 6 heteroatoms. The van der Waals surface area contributed by atoms with E-state index in [-0.39, 0.29) is 16.5 Å². The van der Waals surface area contributed by atoms with Crippen molar-refractivity contribution in [1.82, 2.24) is 0 Å². The molecule has 1 rings (SSSR count). The van der Waals surface area contributed by atoms with Crippen LogP contribution in [0.3, 0.4) is 0 Å². The predicted molar refractivity (Wildman–Crippen MR) is 49.4 cm³/mol. The summed E-state index contributed by atoms with van der Waals surface area (Å²) in [6.07, 6.45) is 0. The first kappa shape index (κ1) is 10.3. The molecule has 0 spiro atoms. The quantitative estimate of drug-likeness (QED) is 0.483. The number of aliphatic carboxylic acids is 1. The van der Waals surface area contributed by atoms with E-state index in [2.05, 4.69) is 5.32 Å². The molecule has 0 aromatic heterocycles. The second-order valence-corrected chi connectivity index (χ2v) is 2.83. The van der Waals surface area contributed by atoms with Gasteiger partial charge in [-0.1, -0.05) is 11.6 Å². The van der Waals surface area contributed by atoms with Crippen LogP contribution in [0.2, 0.25) is 5.02 Å². The topological polar surface area (TPSA) is 86.6 Å². The molecule has 0 saturated carbocycles. The maximum Gasteiger partial charge on any atom is 0.394 e. The van der Waals surface area contributed by atoms with Gasteiger partial charge in [0.05, 0.1) is 10.7 Å². The van der Waals surface area contributed by atoms with E-state index in [0.717, 1.165) is 0 Å². The van der Waals surface area contributed by atoms with Gasteiger partial charge in [-0.25, -0.2) is 4.79 Å². The van der Waals surface area contributed by atoms with Gasteiger partial charge < -0.3 is 15.5 Å². The van der Waals surface area contributed by atoms with Gasteiger partial charge in [-0.3, -0.25) is 4.79 Å². The van der Waals surface area contributed by atoms with Gasteiger partial charge in [0.15, 0.2) is 0 Å².